The molecule has 1 saturated heterocycles. The lowest BCUT2D eigenvalue weighted by molar-refractivity contribution is -0.132. The Labute approximate surface area is 158 Å². The maximum absolute atomic E-state index is 13.0. The highest BCUT2D eigenvalue weighted by Crippen LogP contribution is 2.28. The van der Waals surface area contributed by atoms with E-state index in [1.165, 1.54) is 12.1 Å². The SMILES string of the molecule is CN(Cc1ccc(F)cc1)C(=O)CN1CCNCC1c1ccccc1Cl. The zero-order valence-electron chi connectivity index (χ0n) is 14.8. The van der Waals surface area contributed by atoms with Gasteiger partial charge in [-0.15, -0.1) is 0 Å². The van der Waals surface area contributed by atoms with Gasteiger partial charge in [0.05, 0.1) is 6.54 Å². The molecule has 1 N–H and O–H groups in total. The highest BCUT2D eigenvalue weighted by Gasteiger charge is 2.27. The predicted octanol–water partition coefficient (Wildman–Crippen LogP) is 3.08. The monoisotopic (exact) mass is 375 g/mol. The molecule has 0 aromatic heterocycles. The maximum Gasteiger partial charge on any atom is 0.236 e. The molecule has 1 amide bonds. The Balaban J connectivity index is 1.66. The molecule has 6 heteroatoms. The first-order valence-corrected chi connectivity index (χ1v) is 9.10. The number of halogens is 2. The number of rotatable bonds is 5. The number of nitrogens with zero attached hydrogens (tertiary/aromatic N) is 2. The lowest BCUT2D eigenvalue weighted by Crippen LogP contribution is -2.49. The highest BCUT2D eigenvalue weighted by molar-refractivity contribution is 6.31. The molecule has 1 atom stereocenters. The van der Waals surface area contributed by atoms with E-state index in [-0.39, 0.29) is 17.8 Å². The first-order valence-electron chi connectivity index (χ1n) is 8.72. The standard InChI is InChI=1S/C20H23ClFN3O/c1-24(13-15-6-8-16(22)9-7-15)20(26)14-25-11-10-23-12-19(25)17-4-2-3-5-18(17)21/h2-9,19,23H,10-14H2,1H3. The summed E-state index contributed by atoms with van der Waals surface area (Å²) in [4.78, 5) is 16.5. The van der Waals surface area contributed by atoms with Crippen molar-refractivity contribution < 1.29 is 9.18 Å². The van der Waals surface area contributed by atoms with Crippen LogP contribution in [0, 0.1) is 5.82 Å². The molecule has 1 unspecified atom stereocenters. The summed E-state index contributed by atoms with van der Waals surface area (Å²) in [5, 5.41) is 4.10. The molecular weight excluding hydrogens is 353 g/mol. The van der Waals surface area contributed by atoms with Crippen LogP contribution in [0.2, 0.25) is 5.02 Å². The van der Waals surface area contributed by atoms with E-state index in [1.54, 1.807) is 24.1 Å². The van der Waals surface area contributed by atoms with Gasteiger partial charge >= 0.3 is 0 Å². The molecule has 0 aliphatic carbocycles. The number of carbonyl (C=O) groups is 1. The van der Waals surface area contributed by atoms with Crippen molar-refractivity contribution in [3.8, 4) is 0 Å². The fourth-order valence-corrected chi connectivity index (χ4v) is 3.50. The van der Waals surface area contributed by atoms with E-state index >= 15 is 0 Å². The third-order valence-corrected chi connectivity index (χ3v) is 5.06. The third kappa shape index (κ3) is 4.61. The fraction of sp³-hybridized carbons (Fsp3) is 0.350. The number of carbonyl (C=O) groups excluding carboxylic acids is 1. The summed E-state index contributed by atoms with van der Waals surface area (Å²) < 4.78 is 13.0. The van der Waals surface area contributed by atoms with Gasteiger partial charge in [-0.1, -0.05) is 41.9 Å². The average Bonchev–Trinajstić information content (AvgIpc) is 2.64. The van der Waals surface area contributed by atoms with Crippen LogP contribution in [0.5, 0.6) is 0 Å². The van der Waals surface area contributed by atoms with Crippen LogP contribution >= 0.6 is 11.6 Å². The molecule has 4 nitrogen and oxygen atoms in total. The summed E-state index contributed by atoms with van der Waals surface area (Å²) in [5.41, 5.74) is 1.94. The quantitative estimate of drug-likeness (QED) is 0.872. The summed E-state index contributed by atoms with van der Waals surface area (Å²) in [7, 11) is 1.78. The van der Waals surface area contributed by atoms with Gasteiger partial charge in [-0.25, -0.2) is 4.39 Å². The normalized spacial score (nSPS) is 17.9. The van der Waals surface area contributed by atoms with Crippen molar-refractivity contribution >= 4 is 17.5 Å². The van der Waals surface area contributed by atoms with Crippen molar-refractivity contribution in [2.24, 2.45) is 0 Å². The zero-order valence-corrected chi connectivity index (χ0v) is 15.5. The van der Waals surface area contributed by atoms with Crippen LogP contribution in [0.3, 0.4) is 0 Å². The smallest absolute Gasteiger partial charge is 0.236 e. The van der Waals surface area contributed by atoms with Gasteiger partial charge in [0.1, 0.15) is 5.82 Å². The Morgan fingerprint density at radius 3 is 2.73 bits per heavy atom. The van der Waals surface area contributed by atoms with Gasteiger partial charge in [-0.05, 0) is 29.3 Å². The highest BCUT2D eigenvalue weighted by atomic mass is 35.5. The Hall–Kier alpha value is -1.95. The first-order chi connectivity index (χ1) is 12.5. The van der Waals surface area contributed by atoms with Gasteiger partial charge in [0.2, 0.25) is 5.91 Å². The van der Waals surface area contributed by atoms with Gasteiger partial charge in [0.25, 0.3) is 0 Å². The van der Waals surface area contributed by atoms with Gasteiger partial charge in [0, 0.05) is 44.3 Å². The van der Waals surface area contributed by atoms with Gasteiger partial charge in [-0.2, -0.15) is 0 Å². The largest absolute Gasteiger partial charge is 0.340 e. The zero-order chi connectivity index (χ0) is 18.5. The van der Waals surface area contributed by atoms with E-state index in [4.69, 9.17) is 11.6 Å². The van der Waals surface area contributed by atoms with Crippen molar-refractivity contribution in [2.45, 2.75) is 12.6 Å². The Morgan fingerprint density at radius 2 is 2.00 bits per heavy atom. The lowest BCUT2D eigenvalue weighted by Gasteiger charge is -2.37. The molecule has 1 aliphatic rings. The molecule has 1 aliphatic heterocycles. The van der Waals surface area contributed by atoms with Crippen LogP contribution in [0.25, 0.3) is 0 Å². The van der Waals surface area contributed by atoms with Crippen molar-refractivity contribution in [3.05, 3.63) is 70.5 Å². The summed E-state index contributed by atoms with van der Waals surface area (Å²) >= 11 is 6.36. The van der Waals surface area contributed by atoms with Gasteiger partial charge in [0.15, 0.2) is 0 Å². The minimum atomic E-state index is -0.272. The minimum Gasteiger partial charge on any atom is -0.340 e. The molecule has 3 rings (SSSR count). The number of likely N-dealkylation sites (N-methyl/N-ethyl adjacent to an activating group) is 1. The summed E-state index contributed by atoms with van der Waals surface area (Å²) in [6.07, 6.45) is 0. The Morgan fingerprint density at radius 1 is 1.27 bits per heavy atom. The van der Waals surface area contributed by atoms with Crippen LogP contribution in [0.4, 0.5) is 4.39 Å². The van der Waals surface area contributed by atoms with Crippen molar-refractivity contribution in [1.82, 2.24) is 15.1 Å². The topological polar surface area (TPSA) is 35.6 Å². The predicted molar refractivity (Wildman–Crippen MR) is 102 cm³/mol. The minimum absolute atomic E-state index is 0.0354. The second-order valence-corrected chi connectivity index (χ2v) is 7.00. The molecule has 2 aromatic carbocycles. The molecule has 138 valence electrons. The van der Waals surface area contributed by atoms with Crippen molar-refractivity contribution in [2.75, 3.05) is 33.2 Å². The van der Waals surface area contributed by atoms with Crippen LogP contribution in [0.1, 0.15) is 17.2 Å². The second-order valence-electron chi connectivity index (χ2n) is 6.59. The van der Waals surface area contributed by atoms with E-state index < -0.39 is 0 Å². The van der Waals surface area contributed by atoms with Crippen LogP contribution in [0.15, 0.2) is 48.5 Å². The molecule has 2 aromatic rings. The number of hydrogen-bond acceptors (Lipinski definition) is 3. The van der Waals surface area contributed by atoms with Gasteiger partial charge < -0.3 is 10.2 Å². The molecule has 0 bridgehead atoms. The summed E-state index contributed by atoms with van der Waals surface area (Å²) in [6.45, 7) is 3.18. The number of nitrogens with one attached hydrogen (secondary N) is 1. The number of amides is 1. The second kappa shape index (κ2) is 8.62. The van der Waals surface area contributed by atoms with Crippen LogP contribution < -0.4 is 5.32 Å². The lowest BCUT2D eigenvalue weighted by atomic mass is 10.0. The van der Waals surface area contributed by atoms with E-state index in [9.17, 15) is 9.18 Å². The molecular formula is C20H23ClFN3O. The molecule has 0 radical (unpaired) electrons. The van der Waals surface area contributed by atoms with E-state index in [0.29, 0.717) is 13.1 Å². The summed E-state index contributed by atoms with van der Waals surface area (Å²) in [5.74, 6) is -0.237. The molecule has 26 heavy (non-hydrogen) atoms. The van der Waals surface area contributed by atoms with E-state index in [1.807, 2.05) is 24.3 Å². The molecule has 1 fully saturated rings. The Bertz CT molecular complexity index is 753. The maximum atomic E-state index is 13.0. The average molecular weight is 376 g/mol. The summed E-state index contributed by atoms with van der Waals surface area (Å²) in [6, 6.07) is 14.1. The van der Waals surface area contributed by atoms with E-state index in [2.05, 4.69) is 10.2 Å². The number of piperazine rings is 1. The van der Waals surface area contributed by atoms with Crippen LogP contribution in [-0.2, 0) is 11.3 Å². The number of benzene rings is 2. The third-order valence-electron chi connectivity index (χ3n) is 4.72. The van der Waals surface area contributed by atoms with E-state index in [0.717, 1.165) is 35.8 Å². The van der Waals surface area contributed by atoms with Crippen LogP contribution in [-0.4, -0.2) is 48.9 Å². The Kier molecular flexibility index (Phi) is 6.25. The fourth-order valence-electron chi connectivity index (χ4n) is 3.23. The number of hydrogen-bond donors (Lipinski definition) is 1. The van der Waals surface area contributed by atoms with Gasteiger partial charge in [-0.3, -0.25) is 9.69 Å². The molecule has 1 heterocycles. The molecule has 0 saturated carbocycles. The first kappa shape index (κ1) is 18.8. The van der Waals surface area contributed by atoms with Crippen molar-refractivity contribution in [1.29, 1.82) is 0 Å². The van der Waals surface area contributed by atoms with Crippen molar-refractivity contribution in [3.63, 3.8) is 0 Å². The molecule has 0 spiro atoms.